The van der Waals surface area contributed by atoms with Crippen molar-refractivity contribution in [1.82, 2.24) is 5.32 Å². The van der Waals surface area contributed by atoms with E-state index in [9.17, 15) is 0 Å². The van der Waals surface area contributed by atoms with Crippen molar-refractivity contribution in [3.05, 3.63) is 36.1 Å². The van der Waals surface area contributed by atoms with Crippen molar-refractivity contribution >= 4 is 22.7 Å². The van der Waals surface area contributed by atoms with Crippen LogP contribution in [-0.2, 0) is 6.54 Å². The van der Waals surface area contributed by atoms with Crippen LogP contribution in [0, 0.1) is 0 Å². The van der Waals surface area contributed by atoms with Gasteiger partial charge in [-0.2, -0.15) is 11.8 Å². The zero-order valence-corrected chi connectivity index (χ0v) is 11.6. The van der Waals surface area contributed by atoms with Crippen LogP contribution in [0.5, 0.6) is 0 Å². The Labute approximate surface area is 112 Å². The topological polar surface area (TPSA) is 25.2 Å². The van der Waals surface area contributed by atoms with Crippen LogP contribution in [-0.4, -0.2) is 17.0 Å². The van der Waals surface area contributed by atoms with Crippen LogP contribution in [0.1, 0.15) is 25.5 Å². The monoisotopic (exact) mass is 261 g/mol. The molecule has 2 nitrogen and oxygen atoms in total. The summed E-state index contributed by atoms with van der Waals surface area (Å²) in [5, 5.41) is 4.72. The van der Waals surface area contributed by atoms with Crippen molar-refractivity contribution in [3.63, 3.8) is 0 Å². The van der Waals surface area contributed by atoms with Crippen LogP contribution in [0.2, 0.25) is 0 Å². The number of para-hydroxylation sites is 1. The Balaban J connectivity index is 1.59. The number of hydrogen-bond acceptors (Lipinski definition) is 3. The maximum Gasteiger partial charge on any atom is 0.134 e. The highest BCUT2D eigenvalue weighted by atomic mass is 32.2. The van der Waals surface area contributed by atoms with Gasteiger partial charge in [0.15, 0.2) is 0 Å². The van der Waals surface area contributed by atoms with Crippen molar-refractivity contribution in [2.45, 2.75) is 31.1 Å². The summed E-state index contributed by atoms with van der Waals surface area (Å²) < 4.78 is 6.22. The van der Waals surface area contributed by atoms with Crippen molar-refractivity contribution in [2.24, 2.45) is 0 Å². The molecule has 1 atom stereocenters. The molecule has 0 radical (unpaired) electrons. The Bertz CT molecular complexity index is 495. The Hall–Kier alpha value is -0.930. The highest BCUT2D eigenvalue weighted by Crippen LogP contribution is 2.37. The number of furan rings is 1. The number of fused-ring (bicyclic) bond motifs is 1. The number of thioether (sulfide) groups is 1. The van der Waals surface area contributed by atoms with E-state index in [1.165, 1.54) is 24.0 Å². The molecule has 1 saturated heterocycles. The summed E-state index contributed by atoms with van der Waals surface area (Å²) >= 11 is 2.09. The molecule has 0 saturated carbocycles. The molecular formula is C15H19NOS. The Kier molecular flexibility index (Phi) is 3.35. The molecule has 3 rings (SSSR count). The number of hydrogen-bond donors (Lipinski definition) is 1. The minimum Gasteiger partial charge on any atom is -0.460 e. The van der Waals surface area contributed by atoms with Gasteiger partial charge in [-0.3, -0.25) is 0 Å². The van der Waals surface area contributed by atoms with E-state index in [1.807, 2.05) is 18.2 Å². The largest absolute Gasteiger partial charge is 0.460 e. The fraction of sp³-hybridized carbons (Fsp3) is 0.467. The predicted molar refractivity (Wildman–Crippen MR) is 78.0 cm³/mol. The lowest BCUT2D eigenvalue weighted by Crippen LogP contribution is -2.32. The Morgan fingerprint density at radius 2 is 2.28 bits per heavy atom. The molecule has 1 fully saturated rings. The minimum absolute atomic E-state index is 0.423. The second kappa shape index (κ2) is 4.98. The molecule has 0 amide bonds. The van der Waals surface area contributed by atoms with Gasteiger partial charge >= 0.3 is 0 Å². The smallest absolute Gasteiger partial charge is 0.134 e. The number of nitrogens with one attached hydrogen (secondary N) is 1. The molecule has 96 valence electrons. The van der Waals surface area contributed by atoms with Gasteiger partial charge < -0.3 is 9.73 Å². The van der Waals surface area contributed by atoms with Crippen LogP contribution in [0.3, 0.4) is 0 Å². The van der Waals surface area contributed by atoms with E-state index in [0.29, 0.717) is 4.75 Å². The normalized spacial score (nSPS) is 23.8. The van der Waals surface area contributed by atoms with Gasteiger partial charge in [-0.1, -0.05) is 18.2 Å². The fourth-order valence-corrected chi connectivity index (χ4v) is 3.82. The first-order chi connectivity index (χ1) is 8.75. The lowest BCUT2D eigenvalue weighted by Gasteiger charge is -2.22. The fourth-order valence-electron chi connectivity index (χ4n) is 2.55. The first-order valence-electron chi connectivity index (χ1n) is 6.57. The quantitative estimate of drug-likeness (QED) is 0.906. The standard InChI is InChI=1S/C15H19NOS/c1-15(7-4-8-18-15)11-16-10-13-9-12-5-2-3-6-14(12)17-13/h2-3,5-6,9,16H,4,7-8,10-11H2,1H3. The molecule has 0 aliphatic carbocycles. The average Bonchev–Trinajstić information content (AvgIpc) is 2.95. The maximum absolute atomic E-state index is 5.80. The highest BCUT2D eigenvalue weighted by Gasteiger charge is 2.28. The molecule has 1 aromatic heterocycles. The summed E-state index contributed by atoms with van der Waals surface area (Å²) in [5.41, 5.74) is 0.982. The molecule has 1 aliphatic heterocycles. The summed E-state index contributed by atoms with van der Waals surface area (Å²) in [6, 6.07) is 10.3. The van der Waals surface area contributed by atoms with E-state index < -0.39 is 0 Å². The van der Waals surface area contributed by atoms with Gasteiger partial charge in [0, 0.05) is 16.7 Å². The van der Waals surface area contributed by atoms with Gasteiger partial charge in [0.2, 0.25) is 0 Å². The van der Waals surface area contributed by atoms with Gasteiger partial charge in [-0.05, 0) is 37.7 Å². The third-order valence-corrected chi connectivity index (χ3v) is 5.11. The van der Waals surface area contributed by atoms with Gasteiger partial charge in [-0.15, -0.1) is 0 Å². The molecule has 2 heterocycles. The molecule has 0 spiro atoms. The lowest BCUT2D eigenvalue weighted by atomic mass is 10.1. The number of rotatable bonds is 4. The third-order valence-electron chi connectivity index (χ3n) is 3.58. The lowest BCUT2D eigenvalue weighted by molar-refractivity contribution is 0.482. The van der Waals surface area contributed by atoms with Crippen LogP contribution in [0.25, 0.3) is 11.0 Å². The van der Waals surface area contributed by atoms with E-state index in [0.717, 1.165) is 24.4 Å². The molecule has 1 N–H and O–H groups in total. The second-order valence-corrected chi connectivity index (χ2v) is 6.94. The van der Waals surface area contributed by atoms with E-state index in [2.05, 4.69) is 36.1 Å². The average molecular weight is 261 g/mol. The zero-order valence-electron chi connectivity index (χ0n) is 10.7. The highest BCUT2D eigenvalue weighted by molar-refractivity contribution is 8.00. The minimum atomic E-state index is 0.423. The predicted octanol–water partition coefficient (Wildman–Crippen LogP) is 3.81. The maximum atomic E-state index is 5.80. The van der Waals surface area contributed by atoms with Crippen molar-refractivity contribution in [3.8, 4) is 0 Å². The van der Waals surface area contributed by atoms with E-state index in [4.69, 9.17) is 4.42 Å². The summed E-state index contributed by atoms with van der Waals surface area (Å²) in [5.74, 6) is 2.34. The molecule has 18 heavy (non-hydrogen) atoms. The third kappa shape index (κ3) is 2.57. The van der Waals surface area contributed by atoms with Crippen LogP contribution < -0.4 is 5.32 Å². The Morgan fingerprint density at radius 3 is 3.06 bits per heavy atom. The van der Waals surface area contributed by atoms with Crippen LogP contribution in [0.15, 0.2) is 34.7 Å². The molecule has 3 heteroatoms. The molecule has 0 bridgehead atoms. The second-order valence-electron chi connectivity index (χ2n) is 5.26. The zero-order chi connectivity index (χ0) is 12.4. The first-order valence-corrected chi connectivity index (χ1v) is 7.56. The van der Waals surface area contributed by atoms with Crippen molar-refractivity contribution in [1.29, 1.82) is 0 Å². The van der Waals surface area contributed by atoms with Gasteiger partial charge in [0.25, 0.3) is 0 Å². The van der Waals surface area contributed by atoms with Crippen LogP contribution >= 0.6 is 11.8 Å². The molecular weight excluding hydrogens is 242 g/mol. The van der Waals surface area contributed by atoms with Gasteiger partial charge in [-0.25, -0.2) is 0 Å². The first kappa shape index (κ1) is 12.1. The molecule has 2 aromatic rings. The summed E-state index contributed by atoms with van der Waals surface area (Å²) in [6.07, 6.45) is 2.68. The molecule has 1 aromatic carbocycles. The van der Waals surface area contributed by atoms with E-state index in [1.54, 1.807) is 0 Å². The SMILES string of the molecule is CC1(CNCc2cc3ccccc3o2)CCCS1. The van der Waals surface area contributed by atoms with Gasteiger partial charge in [0.1, 0.15) is 11.3 Å². The Morgan fingerprint density at radius 1 is 1.39 bits per heavy atom. The summed E-state index contributed by atoms with van der Waals surface area (Å²) in [7, 11) is 0. The van der Waals surface area contributed by atoms with Crippen molar-refractivity contribution < 1.29 is 4.42 Å². The molecule has 1 aliphatic rings. The van der Waals surface area contributed by atoms with Crippen molar-refractivity contribution in [2.75, 3.05) is 12.3 Å². The van der Waals surface area contributed by atoms with E-state index in [-0.39, 0.29) is 0 Å². The molecule has 1 unspecified atom stereocenters. The van der Waals surface area contributed by atoms with E-state index >= 15 is 0 Å². The number of benzene rings is 1. The van der Waals surface area contributed by atoms with Crippen LogP contribution in [0.4, 0.5) is 0 Å². The summed E-state index contributed by atoms with van der Waals surface area (Å²) in [4.78, 5) is 0. The summed E-state index contributed by atoms with van der Waals surface area (Å²) in [6.45, 7) is 4.25. The van der Waals surface area contributed by atoms with Gasteiger partial charge in [0.05, 0.1) is 6.54 Å².